The Morgan fingerprint density at radius 2 is 1.52 bits per heavy atom. The molecule has 16 nitrogen and oxygen atoms in total. The molecule has 0 spiro atoms. The lowest BCUT2D eigenvalue weighted by atomic mass is 9.96. The van der Waals surface area contributed by atoms with Crippen molar-refractivity contribution in [1.82, 2.24) is 41.8 Å². The number of amides is 7. The van der Waals surface area contributed by atoms with Crippen LogP contribution in [0.4, 0.5) is 4.79 Å². The van der Waals surface area contributed by atoms with Gasteiger partial charge in [0.1, 0.15) is 36.3 Å². The molecule has 0 aliphatic carbocycles. The first kappa shape index (κ1) is 44.8. The van der Waals surface area contributed by atoms with Crippen molar-refractivity contribution in [2.24, 2.45) is 11.8 Å². The molecule has 0 unspecified atom stereocenters. The number of fused-ring (bicyclic) bond motifs is 1. The second kappa shape index (κ2) is 21.0. The summed E-state index contributed by atoms with van der Waals surface area (Å²) in [4.78, 5) is 99.5. The summed E-state index contributed by atoms with van der Waals surface area (Å²) in [6.07, 6.45) is 3.24. The summed E-state index contributed by atoms with van der Waals surface area (Å²) in [7, 11) is 1.46. The van der Waals surface area contributed by atoms with E-state index in [4.69, 9.17) is 0 Å². The number of H-pyrrole nitrogens is 1. The number of nitrogens with one attached hydrogen (secondary N) is 7. The number of carboxylic acids is 1. The lowest BCUT2D eigenvalue weighted by Crippen LogP contribution is -2.61. The number of benzene rings is 2. The summed E-state index contributed by atoms with van der Waals surface area (Å²) in [5.74, 6) is -5.03. The van der Waals surface area contributed by atoms with Gasteiger partial charge in [-0.15, -0.1) is 0 Å². The minimum absolute atomic E-state index is 0.0401. The minimum Gasteiger partial charge on any atom is -0.480 e. The van der Waals surface area contributed by atoms with Crippen LogP contribution in [0.5, 0.6) is 0 Å². The molecule has 2 aromatic carbocycles. The van der Waals surface area contributed by atoms with E-state index in [-0.39, 0.29) is 25.8 Å². The second-order valence-corrected chi connectivity index (χ2v) is 15.4. The number of hydrogen-bond acceptors (Lipinski definition) is 7. The first-order chi connectivity index (χ1) is 27.6. The maximum Gasteiger partial charge on any atom is 0.326 e. The molecule has 3 aromatic rings. The average molecular weight is 803 g/mol. The summed E-state index contributed by atoms with van der Waals surface area (Å²) < 4.78 is 0. The number of nitrogens with zero attached hydrogens (tertiary/aromatic N) is 1. The number of carbonyl (C=O) groups is 7. The van der Waals surface area contributed by atoms with Gasteiger partial charge in [0.25, 0.3) is 0 Å². The molecular formula is C42H58N8O8. The Labute approximate surface area is 339 Å². The standard InChI is InChI=1S/C42H58N8O8/c1-7-25(4)35-39(54)46-33(22-28-23-44-30-18-12-11-17-29(28)30)40(55)50(6)26(5)36(51)45-32(21-27-15-9-8-10-16-27)37(52)43-20-14-13-19-31(38(53)48-35)47-42(58)49-34(24(2)3)41(56)57/h8-12,15-18,23-26,31-35,44H,7,13-14,19-22H2,1-6H3,(H,43,52)(H,45,51)(H,46,54)(H,48,53)(H,56,57)(H2,47,49,58)/t25-,26+,31+,32-,33+,34+,35+/m0/s1. The molecule has 8 N–H and O–H groups in total. The van der Waals surface area contributed by atoms with Gasteiger partial charge in [-0.1, -0.05) is 82.6 Å². The van der Waals surface area contributed by atoms with Crippen LogP contribution in [0.15, 0.2) is 60.8 Å². The molecule has 1 saturated heterocycles. The van der Waals surface area contributed by atoms with Crippen LogP contribution < -0.4 is 31.9 Å². The Bertz CT molecular complexity index is 1920. The van der Waals surface area contributed by atoms with Gasteiger partial charge >= 0.3 is 12.0 Å². The maximum absolute atomic E-state index is 14.4. The van der Waals surface area contributed by atoms with Crippen LogP contribution in [0.2, 0.25) is 0 Å². The normalized spacial score (nSPS) is 23.0. The quantitative estimate of drug-likeness (QED) is 0.151. The van der Waals surface area contributed by atoms with Crippen molar-refractivity contribution in [3.05, 3.63) is 71.9 Å². The SMILES string of the molecule is CC[C@H](C)[C@H]1NC(=O)[C@H](NC(=O)N[C@@H](C(=O)O)C(C)C)CCCCNC(=O)[C@H](Cc2ccccc2)NC(=O)[C@@H](C)N(C)C(=O)[C@@H](Cc2c[nH]c3ccccc23)NC1=O. The number of aliphatic carboxylic acids is 1. The van der Waals surface area contributed by atoms with Gasteiger partial charge in [-0.2, -0.15) is 0 Å². The largest absolute Gasteiger partial charge is 0.480 e. The molecule has 0 saturated carbocycles. The van der Waals surface area contributed by atoms with E-state index in [0.717, 1.165) is 22.0 Å². The molecule has 16 heteroatoms. The van der Waals surface area contributed by atoms with E-state index in [2.05, 4.69) is 36.9 Å². The van der Waals surface area contributed by atoms with Gasteiger partial charge < -0.3 is 46.9 Å². The Balaban J connectivity index is 1.71. The Kier molecular flexibility index (Phi) is 16.2. The number of likely N-dealkylation sites (N-methyl/N-ethyl adjacent to an activating group) is 1. The van der Waals surface area contributed by atoms with Crippen molar-refractivity contribution in [3.63, 3.8) is 0 Å². The molecule has 1 aliphatic heterocycles. The predicted molar refractivity (Wildman–Crippen MR) is 218 cm³/mol. The first-order valence-electron chi connectivity index (χ1n) is 19.9. The molecule has 2 heterocycles. The van der Waals surface area contributed by atoms with Crippen molar-refractivity contribution in [1.29, 1.82) is 0 Å². The van der Waals surface area contributed by atoms with Crippen LogP contribution in [0, 0.1) is 11.8 Å². The summed E-state index contributed by atoms with van der Waals surface area (Å²) in [6.45, 7) is 8.62. The fourth-order valence-corrected chi connectivity index (χ4v) is 6.83. The Morgan fingerprint density at radius 3 is 2.19 bits per heavy atom. The number of para-hydroxylation sites is 1. The van der Waals surface area contributed by atoms with Gasteiger partial charge in [0.05, 0.1) is 0 Å². The van der Waals surface area contributed by atoms with Crippen LogP contribution in [0.25, 0.3) is 10.9 Å². The Morgan fingerprint density at radius 1 is 0.845 bits per heavy atom. The zero-order valence-corrected chi connectivity index (χ0v) is 34.1. The van der Waals surface area contributed by atoms with Gasteiger partial charge in [0.15, 0.2) is 0 Å². The van der Waals surface area contributed by atoms with Crippen LogP contribution in [0.1, 0.15) is 71.4 Å². The molecule has 7 amide bonds. The molecule has 0 radical (unpaired) electrons. The van der Waals surface area contributed by atoms with Gasteiger partial charge in [0.2, 0.25) is 29.5 Å². The van der Waals surface area contributed by atoms with Gasteiger partial charge in [-0.25, -0.2) is 9.59 Å². The molecular weight excluding hydrogens is 745 g/mol. The lowest BCUT2D eigenvalue weighted by molar-refractivity contribution is -0.142. The smallest absolute Gasteiger partial charge is 0.326 e. The fourth-order valence-electron chi connectivity index (χ4n) is 6.83. The van der Waals surface area contributed by atoms with Crippen LogP contribution >= 0.6 is 0 Å². The maximum atomic E-state index is 14.4. The molecule has 4 rings (SSSR count). The highest BCUT2D eigenvalue weighted by atomic mass is 16.4. The first-order valence-corrected chi connectivity index (χ1v) is 19.9. The van der Waals surface area contributed by atoms with Crippen molar-refractivity contribution < 1.29 is 38.7 Å². The molecule has 7 atom stereocenters. The molecule has 58 heavy (non-hydrogen) atoms. The lowest BCUT2D eigenvalue weighted by Gasteiger charge is -2.32. The van der Waals surface area contributed by atoms with E-state index in [1.807, 2.05) is 61.5 Å². The number of carbonyl (C=O) groups excluding carboxylic acids is 6. The highest BCUT2D eigenvalue weighted by Crippen LogP contribution is 2.21. The number of urea groups is 1. The van der Waals surface area contributed by atoms with Crippen LogP contribution in [-0.4, -0.2) is 106 Å². The number of carboxylic acid groups (broad SMARTS) is 1. The van der Waals surface area contributed by atoms with E-state index in [0.29, 0.717) is 19.3 Å². The number of rotatable bonds is 10. The van der Waals surface area contributed by atoms with E-state index < -0.39 is 89.6 Å². The zero-order valence-electron chi connectivity index (χ0n) is 34.1. The van der Waals surface area contributed by atoms with E-state index in [1.54, 1.807) is 33.9 Å². The molecule has 1 aliphatic rings. The highest BCUT2D eigenvalue weighted by Gasteiger charge is 2.36. The summed E-state index contributed by atoms with van der Waals surface area (Å²) in [6, 6.07) is 9.00. The minimum atomic E-state index is -1.24. The van der Waals surface area contributed by atoms with E-state index in [9.17, 15) is 38.7 Å². The van der Waals surface area contributed by atoms with E-state index in [1.165, 1.54) is 11.9 Å². The number of aromatic nitrogens is 1. The highest BCUT2D eigenvalue weighted by molar-refractivity contribution is 5.97. The summed E-state index contributed by atoms with van der Waals surface area (Å²) >= 11 is 0. The Hall–Kier alpha value is -5.93. The number of hydrogen-bond donors (Lipinski definition) is 8. The van der Waals surface area contributed by atoms with Crippen molar-refractivity contribution in [2.45, 2.75) is 109 Å². The third-order valence-electron chi connectivity index (χ3n) is 10.8. The third-order valence-corrected chi connectivity index (χ3v) is 10.8. The zero-order chi connectivity index (χ0) is 42.5. The van der Waals surface area contributed by atoms with Crippen LogP contribution in [-0.2, 0) is 41.6 Å². The van der Waals surface area contributed by atoms with Gasteiger partial charge in [-0.05, 0) is 55.2 Å². The van der Waals surface area contributed by atoms with Gasteiger partial charge in [-0.3, -0.25) is 24.0 Å². The second-order valence-electron chi connectivity index (χ2n) is 15.4. The van der Waals surface area contributed by atoms with Crippen molar-refractivity contribution in [3.8, 4) is 0 Å². The number of aromatic amines is 1. The summed E-state index contributed by atoms with van der Waals surface area (Å²) in [5, 5.41) is 26.9. The third kappa shape index (κ3) is 12.0. The predicted octanol–water partition coefficient (Wildman–Crippen LogP) is 2.38. The topological polar surface area (TPSA) is 231 Å². The fraction of sp³-hybridized carbons (Fsp3) is 0.500. The average Bonchev–Trinajstić information content (AvgIpc) is 3.61. The molecule has 314 valence electrons. The molecule has 1 fully saturated rings. The van der Waals surface area contributed by atoms with Gasteiger partial charge in [0, 0.05) is 43.5 Å². The van der Waals surface area contributed by atoms with E-state index >= 15 is 0 Å². The van der Waals surface area contributed by atoms with Crippen LogP contribution in [0.3, 0.4) is 0 Å². The summed E-state index contributed by atoms with van der Waals surface area (Å²) in [5.41, 5.74) is 2.36. The van der Waals surface area contributed by atoms with Crippen molar-refractivity contribution in [2.75, 3.05) is 13.6 Å². The monoisotopic (exact) mass is 802 g/mol. The molecule has 0 bridgehead atoms. The van der Waals surface area contributed by atoms with Crippen molar-refractivity contribution >= 4 is 52.4 Å². The molecule has 1 aromatic heterocycles.